The van der Waals surface area contributed by atoms with Gasteiger partial charge in [-0.1, -0.05) is 30.0 Å². The maximum Gasteiger partial charge on any atom is 0.313 e. The van der Waals surface area contributed by atoms with E-state index in [0.717, 1.165) is 16.7 Å². The third kappa shape index (κ3) is 3.05. The molecule has 0 fully saturated rings. The first-order valence-electron chi connectivity index (χ1n) is 6.44. The van der Waals surface area contributed by atoms with E-state index in [2.05, 4.69) is 9.97 Å². The first-order valence-corrected chi connectivity index (χ1v) is 7.42. The number of thioether (sulfide) groups is 1. The number of carbonyl (C=O) groups is 1. The normalized spacial score (nSPS) is 10.9. The highest BCUT2D eigenvalue weighted by atomic mass is 32.2. The molecular weight excluding hydrogens is 286 g/mol. The first-order chi connectivity index (χ1) is 10.2. The lowest BCUT2D eigenvalue weighted by Gasteiger charge is -2.07. The molecule has 0 saturated carbocycles. The molecule has 0 atom stereocenters. The maximum absolute atomic E-state index is 10.8. The Bertz CT molecular complexity index is 771. The van der Waals surface area contributed by atoms with Gasteiger partial charge in [-0.3, -0.25) is 9.78 Å². The van der Waals surface area contributed by atoms with Crippen molar-refractivity contribution in [2.45, 2.75) is 11.7 Å². The summed E-state index contributed by atoms with van der Waals surface area (Å²) >= 11 is 1.22. The second kappa shape index (κ2) is 5.97. The lowest BCUT2D eigenvalue weighted by atomic mass is 10.3. The van der Waals surface area contributed by atoms with Crippen LogP contribution in [-0.4, -0.2) is 31.4 Å². The van der Waals surface area contributed by atoms with E-state index in [9.17, 15) is 4.79 Å². The summed E-state index contributed by atoms with van der Waals surface area (Å²) in [6.45, 7) is 0.573. The van der Waals surface area contributed by atoms with Gasteiger partial charge in [0.2, 0.25) is 0 Å². The number of pyridine rings is 1. The Morgan fingerprint density at radius 3 is 2.76 bits per heavy atom. The number of hydrogen-bond donors (Lipinski definition) is 1. The number of aliphatic carboxylic acids is 1. The third-order valence-corrected chi connectivity index (χ3v) is 3.95. The second-order valence-corrected chi connectivity index (χ2v) is 5.42. The summed E-state index contributed by atoms with van der Waals surface area (Å²) in [6, 6.07) is 13.5. The lowest BCUT2D eigenvalue weighted by molar-refractivity contribution is -0.133. The van der Waals surface area contributed by atoms with Crippen molar-refractivity contribution in [1.29, 1.82) is 0 Å². The number of imidazole rings is 1. The van der Waals surface area contributed by atoms with Crippen molar-refractivity contribution in [3.8, 4) is 0 Å². The van der Waals surface area contributed by atoms with Crippen molar-refractivity contribution in [3.05, 3.63) is 54.4 Å². The van der Waals surface area contributed by atoms with Crippen LogP contribution in [-0.2, 0) is 11.3 Å². The van der Waals surface area contributed by atoms with E-state index in [1.807, 2.05) is 47.0 Å². The van der Waals surface area contributed by atoms with Gasteiger partial charge in [0, 0.05) is 6.20 Å². The van der Waals surface area contributed by atoms with Gasteiger partial charge < -0.3 is 9.67 Å². The van der Waals surface area contributed by atoms with E-state index in [1.54, 1.807) is 6.20 Å². The van der Waals surface area contributed by atoms with Gasteiger partial charge in [-0.15, -0.1) is 0 Å². The summed E-state index contributed by atoms with van der Waals surface area (Å²) in [5.41, 5.74) is 2.76. The molecule has 0 amide bonds. The summed E-state index contributed by atoms with van der Waals surface area (Å²) in [5, 5.41) is 9.56. The molecule has 0 aliphatic rings. The number of carboxylic acids is 1. The second-order valence-electron chi connectivity index (χ2n) is 4.47. The van der Waals surface area contributed by atoms with Crippen molar-refractivity contribution in [1.82, 2.24) is 14.5 Å². The summed E-state index contributed by atoms with van der Waals surface area (Å²) in [6.07, 6.45) is 1.75. The minimum absolute atomic E-state index is 0.00839. The van der Waals surface area contributed by atoms with Crippen molar-refractivity contribution in [2.24, 2.45) is 0 Å². The van der Waals surface area contributed by atoms with Gasteiger partial charge in [0.1, 0.15) is 0 Å². The van der Waals surface area contributed by atoms with Crippen LogP contribution in [0.15, 0.2) is 53.8 Å². The predicted octanol–water partition coefficient (Wildman–Crippen LogP) is 2.66. The van der Waals surface area contributed by atoms with Gasteiger partial charge in [-0.2, -0.15) is 0 Å². The van der Waals surface area contributed by atoms with Gasteiger partial charge in [0.25, 0.3) is 0 Å². The van der Waals surface area contributed by atoms with Crippen molar-refractivity contribution in [2.75, 3.05) is 5.75 Å². The third-order valence-electron chi connectivity index (χ3n) is 2.99. The van der Waals surface area contributed by atoms with E-state index in [1.165, 1.54) is 11.8 Å². The molecule has 5 nitrogen and oxygen atoms in total. The van der Waals surface area contributed by atoms with Gasteiger partial charge in [0.15, 0.2) is 5.16 Å². The summed E-state index contributed by atoms with van der Waals surface area (Å²) in [7, 11) is 0. The number of fused-ring (bicyclic) bond motifs is 1. The number of nitrogens with zero attached hydrogens (tertiary/aromatic N) is 3. The summed E-state index contributed by atoms with van der Waals surface area (Å²) < 4.78 is 2.01. The van der Waals surface area contributed by atoms with Crippen LogP contribution in [0.1, 0.15) is 5.69 Å². The highest BCUT2D eigenvalue weighted by Gasteiger charge is 2.13. The van der Waals surface area contributed by atoms with Crippen LogP contribution in [0.4, 0.5) is 0 Å². The molecule has 2 heterocycles. The van der Waals surface area contributed by atoms with Gasteiger partial charge >= 0.3 is 5.97 Å². The van der Waals surface area contributed by atoms with Gasteiger partial charge in [0.05, 0.1) is 29.0 Å². The zero-order valence-electron chi connectivity index (χ0n) is 11.1. The van der Waals surface area contributed by atoms with E-state index in [4.69, 9.17) is 5.11 Å². The molecule has 21 heavy (non-hydrogen) atoms. The fraction of sp³-hybridized carbons (Fsp3) is 0.133. The molecule has 1 aromatic carbocycles. The molecular formula is C15H13N3O2S. The Morgan fingerprint density at radius 2 is 2.00 bits per heavy atom. The van der Waals surface area contributed by atoms with Crippen LogP contribution < -0.4 is 0 Å². The summed E-state index contributed by atoms with van der Waals surface area (Å²) in [4.78, 5) is 19.6. The highest BCUT2D eigenvalue weighted by molar-refractivity contribution is 7.99. The molecule has 2 aromatic heterocycles. The number of carboxylic acid groups (broad SMARTS) is 1. The predicted molar refractivity (Wildman–Crippen MR) is 81.4 cm³/mol. The number of rotatable bonds is 5. The molecule has 106 valence electrons. The Kier molecular flexibility index (Phi) is 3.87. The zero-order chi connectivity index (χ0) is 14.7. The molecule has 3 aromatic rings. The largest absolute Gasteiger partial charge is 0.481 e. The van der Waals surface area contributed by atoms with Crippen LogP contribution in [0.25, 0.3) is 11.0 Å². The standard InChI is InChI=1S/C15H13N3O2S/c19-14(20)10-21-15-17-12-6-1-2-7-13(12)18(15)9-11-5-3-4-8-16-11/h1-8H,9-10H2,(H,19,20). The molecule has 0 aliphatic heterocycles. The van der Waals surface area contributed by atoms with Crippen molar-refractivity contribution in [3.63, 3.8) is 0 Å². The minimum atomic E-state index is -0.851. The molecule has 0 unspecified atom stereocenters. The van der Waals surface area contributed by atoms with Crippen LogP contribution in [0.2, 0.25) is 0 Å². The lowest BCUT2D eigenvalue weighted by Crippen LogP contribution is -2.05. The van der Waals surface area contributed by atoms with Gasteiger partial charge in [-0.25, -0.2) is 4.98 Å². The van der Waals surface area contributed by atoms with Crippen LogP contribution in [0.5, 0.6) is 0 Å². The molecule has 0 aliphatic carbocycles. The van der Waals surface area contributed by atoms with Crippen LogP contribution in [0, 0.1) is 0 Å². The highest BCUT2D eigenvalue weighted by Crippen LogP contribution is 2.24. The average Bonchev–Trinajstić information content (AvgIpc) is 2.84. The summed E-state index contributed by atoms with van der Waals surface area (Å²) in [5.74, 6) is -0.859. The topological polar surface area (TPSA) is 68.0 Å². The number of benzene rings is 1. The Balaban J connectivity index is 2.00. The molecule has 0 radical (unpaired) electrons. The maximum atomic E-state index is 10.8. The molecule has 0 bridgehead atoms. The first kappa shape index (κ1) is 13.6. The van der Waals surface area contributed by atoms with Crippen molar-refractivity contribution < 1.29 is 9.90 Å². The number of para-hydroxylation sites is 2. The van der Waals surface area contributed by atoms with E-state index in [-0.39, 0.29) is 5.75 Å². The van der Waals surface area contributed by atoms with E-state index in [0.29, 0.717) is 11.7 Å². The fourth-order valence-corrected chi connectivity index (χ4v) is 2.83. The molecule has 3 rings (SSSR count). The molecule has 1 N–H and O–H groups in total. The average molecular weight is 299 g/mol. The van der Waals surface area contributed by atoms with Crippen molar-refractivity contribution >= 4 is 28.8 Å². The van der Waals surface area contributed by atoms with Crippen LogP contribution in [0.3, 0.4) is 0 Å². The zero-order valence-corrected chi connectivity index (χ0v) is 12.0. The van der Waals surface area contributed by atoms with E-state index < -0.39 is 5.97 Å². The number of aromatic nitrogens is 3. The molecule has 0 saturated heterocycles. The number of hydrogen-bond acceptors (Lipinski definition) is 4. The Morgan fingerprint density at radius 1 is 1.19 bits per heavy atom. The van der Waals surface area contributed by atoms with E-state index >= 15 is 0 Å². The fourth-order valence-electron chi connectivity index (χ4n) is 2.10. The van der Waals surface area contributed by atoms with Gasteiger partial charge in [-0.05, 0) is 24.3 Å². The van der Waals surface area contributed by atoms with Crippen LogP contribution >= 0.6 is 11.8 Å². The Hall–Kier alpha value is -2.34. The minimum Gasteiger partial charge on any atom is -0.481 e. The molecule has 6 heteroatoms. The Labute approximate surface area is 125 Å². The quantitative estimate of drug-likeness (QED) is 0.734. The smallest absolute Gasteiger partial charge is 0.313 e. The SMILES string of the molecule is O=C(O)CSc1nc2ccccc2n1Cc1ccccn1. The monoisotopic (exact) mass is 299 g/mol. The molecule has 0 spiro atoms.